The largest absolute Gasteiger partial charge is 0.369 e. The van der Waals surface area contributed by atoms with Gasteiger partial charge in [0.05, 0.1) is 25.6 Å². The summed E-state index contributed by atoms with van der Waals surface area (Å²) in [6, 6.07) is 0. The molecule has 2 aromatic heterocycles. The minimum absolute atomic E-state index is 0.219. The maximum Gasteiger partial charge on any atom is 0.132 e. The van der Waals surface area contributed by atoms with E-state index in [4.69, 9.17) is 4.74 Å². The number of rotatable bonds is 15. The van der Waals surface area contributed by atoms with Crippen LogP contribution in [0.4, 0.5) is 0 Å². The molecule has 2 heterocycles. The summed E-state index contributed by atoms with van der Waals surface area (Å²) in [4.78, 5) is 22.2. The van der Waals surface area contributed by atoms with Gasteiger partial charge in [-0.3, -0.25) is 14.2 Å². The number of ketones is 2. The Balaban J connectivity index is 1.61. The van der Waals surface area contributed by atoms with Crippen LogP contribution in [0.3, 0.4) is 0 Å². The molecule has 154 valence electrons. The molecule has 9 nitrogen and oxygen atoms in total. The van der Waals surface area contributed by atoms with Crippen LogP contribution in [-0.2, 0) is 40.6 Å². The maximum absolute atomic E-state index is 11.3. The fourth-order valence-electron chi connectivity index (χ4n) is 2.71. The van der Waals surface area contributed by atoms with Crippen molar-refractivity contribution in [2.75, 3.05) is 0 Å². The summed E-state index contributed by atoms with van der Waals surface area (Å²) in [6.07, 6.45) is 9.15. The lowest BCUT2D eigenvalue weighted by molar-refractivity contribution is -0.119. The number of carbonyl (C=O) groups excluding carboxylic acids is 2. The molecule has 0 aromatic carbocycles. The highest BCUT2D eigenvalue weighted by Crippen LogP contribution is 2.05. The van der Waals surface area contributed by atoms with Gasteiger partial charge < -0.3 is 9.53 Å². The highest BCUT2D eigenvalue weighted by atomic mass is 16.5. The number of Topliss-reactive ketones (excluding diaryl/α,β-unsaturated/α-hetero) is 2. The Kier molecular flexibility index (Phi) is 9.47. The van der Waals surface area contributed by atoms with Gasteiger partial charge in [-0.15, -0.1) is 10.2 Å². The third-order valence-corrected chi connectivity index (χ3v) is 4.33. The summed E-state index contributed by atoms with van der Waals surface area (Å²) in [5.74, 6) is 0.525. The number of hydrogen-bond acceptors (Lipinski definition) is 7. The third-order valence-electron chi connectivity index (χ3n) is 4.33. The maximum atomic E-state index is 11.3. The molecule has 0 aliphatic heterocycles. The minimum Gasteiger partial charge on any atom is -0.369 e. The highest BCUT2D eigenvalue weighted by molar-refractivity contribution is 5.77. The van der Waals surface area contributed by atoms with Crippen LogP contribution in [0.25, 0.3) is 0 Å². The monoisotopic (exact) mass is 390 g/mol. The van der Waals surface area contributed by atoms with Gasteiger partial charge in [0.2, 0.25) is 0 Å². The topological polar surface area (TPSA) is 105 Å². The molecule has 0 atom stereocenters. The van der Waals surface area contributed by atoms with Gasteiger partial charge in [-0.1, -0.05) is 17.4 Å². The van der Waals surface area contributed by atoms with Gasteiger partial charge in [0.15, 0.2) is 0 Å². The molecule has 28 heavy (non-hydrogen) atoms. The van der Waals surface area contributed by atoms with Crippen molar-refractivity contribution in [2.24, 2.45) is 0 Å². The molecule has 0 aliphatic rings. The molecule has 0 aliphatic carbocycles. The molecule has 0 fully saturated rings. The molecule has 0 radical (unpaired) electrons. The number of carbonyl (C=O) groups is 2. The van der Waals surface area contributed by atoms with Gasteiger partial charge in [-0.2, -0.15) is 0 Å². The molecule has 0 bridgehead atoms. The SMILES string of the molecule is CCC(=O)CCCCn1cc(COCc2cn(CCCCC(C)=O)nn2)nn1. The van der Waals surface area contributed by atoms with Crippen LogP contribution in [0.1, 0.15) is 70.2 Å². The van der Waals surface area contributed by atoms with Crippen LogP contribution in [0, 0.1) is 0 Å². The Hall–Kier alpha value is -2.42. The van der Waals surface area contributed by atoms with Crippen LogP contribution in [0.5, 0.6) is 0 Å². The lowest BCUT2D eigenvalue weighted by Gasteiger charge is -2.00. The fourth-order valence-corrected chi connectivity index (χ4v) is 2.71. The fraction of sp³-hybridized carbons (Fsp3) is 0.684. The number of aromatic nitrogens is 6. The second-order valence-corrected chi connectivity index (χ2v) is 6.95. The first-order valence-electron chi connectivity index (χ1n) is 9.93. The van der Waals surface area contributed by atoms with Crippen molar-refractivity contribution in [3.63, 3.8) is 0 Å². The lowest BCUT2D eigenvalue weighted by atomic mass is 10.1. The average molecular weight is 390 g/mol. The van der Waals surface area contributed by atoms with Gasteiger partial charge in [-0.25, -0.2) is 0 Å². The zero-order chi connectivity index (χ0) is 20.2. The van der Waals surface area contributed by atoms with Crippen molar-refractivity contribution in [1.29, 1.82) is 0 Å². The molecule has 0 N–H and O–H groups in total. The molecular weight excluding hydrogens is 360 g/mol. The molecule has 9 heteroatoms. The minimum atomic E-state index is 0.219. The molecule has 2 rings (SSSR count). The quantitative estimate of drug-likeness (QED) is 0.430. The van der Waals surface area contributed by atoms with E-state index in [0.717, 1.165) is 50.2 Å². The van der Waals surface area contributed by atoms with Gasteiger partial charge in [-0.05, 0) is 32.6 Å². The van der Waals surface area contributed by atoms with E-state index in [1.165, 1.54) is 0 Å². The molecule has 0 unspecified atom stereocenters. The van der Waals surface area contributed by atoms with E-state index in [2.05, 4.69) is 20.6 Å². The van der Waals surface area contributed by atoms with E-state index in [1.807, 2.05) is 19.3 Å². The number of unbranched alkanes of at least 4 members (excludes halogenated alkanes) is 2. The standard InChI is InChI=1S/C19H30N6O3/c1-3-19(27)9-5-7-11-25-13-18(21-23-25)15-28-14-17-12-24(22-20-17)10-6-4-8-16(2)26/h12-13H,3-11,14-15H2,1-2H3. The van der Waals surface area contributed by atoms with Crippen molar-refractivity contribution >= 4 is 11.6 Å². The zero-order valence-electron chi connectivity index (χ0n) is 16.8. The van der Waals surface area contributed by atoms with Crippen LogP contribution in [0.15, 0.2) is 12.4 Å². The second kappa shape index (κ2) is 12.1. The van der Waals surface area contributed by atoms with E-state index in [-0.39, 0.29) is 5.78 Å². The van der Waals surface area contributed by atoms with E-state index < -0.39 is 0 Å². The summed E-state index contributed by atoms with van der Waals surface area (Å²) < 4.78 is 9.20. The normalized spacial score (nSPS) is 11.1. The average Bonchev–Trinajstić information content (AvgIpc) is 3.31. The van der Waals surface area contributed by atoms with E-state index in [0.29, 0.717) is 38.3 Å². The van der Waals surface area contributed by atoms with Crippen molar-refractivity contribution in [2.45, 2.75) is 85.1 Å². The van der Waals surface area contributed by atoms with Gasteiger partial charge in [0.1, 0.15) is 23.0 Å². The van der Waals surface area contributed by atoms with E-state index in [9.17, 15) is 9.59 Å². The zero-order valence-corrected chi connectivity index (χ0v) is 16.8. The molecular formula is C19H30N6O3. The first kappa shape index (κ1) is 21.9. The summed E-state index contributed by atoms with van der Waals surface area (Å²) >= 11 is 0. The number of nitrogens with zero attached hydrogens (tertiary/aromatic N) is 6. The van der Waals surface area contributed by atoms with Crippen molar-refractivity contribution in [3.05, 3.63) is 23.8 Å². The summed E-state index contributed by atoms with van der Waals surface area (Å²) in [7, 11) is 0. The first-order valence-corrected chi connectivity index (χ1v) is 9.93. The molecule has 0 spiro atoms. The van der Waals surface area contributed by atoms with Gasteiger partial charge >= 0.3 is 0 Å². The predicted octanol–water partition coefficient (Wildman–Crippen LogP) is 2.50. The summed E-state index contributed by atoms with van der Waals surface area (Å²) in [6.45, 7) is 5.72. The Morgan fingerprint density at radius 1 is 0.893 bits per heavy atom. The second-order valence-electron chi connectivity index (χ2n) is 6.95. The van der Waals surface area contributed by atoms with Gasteiger partial charge in [0, 0.05) is 32.4 Å². The van der Waals surface area contributed by atoms with Crippen LogP contribution >= 0.6 is 0 Å². The first-order chi connectivity index (χ1) is 13.6. The predicted molar refractivity (Wildman–Crippen MR) is 102 cm³/mol. The Morgan fingerprint density at radius 3 is 1.93 bits per heavy atom. The lowest BCUT2D eigenvalue weighted by Crippen LogP contribution is -2.01. The van der Waals surface area contributed by atoms with E-state index >= 15 is 0 Å². The van der Waals surface area contributed by atoms with Crippen molar-refractivity contribution < 1.29 is 14.3 Å². The molecule has 0 saturated heterocycles. The van der Waals surface area contributed by atoms with Crippen LogP contribution in [0.2, 0.25) is 0 Å². The number of aryl methyl sites for hydroxylation is 2. The summed E-state index contributed by atoms with van der Waals surface area (Å²) in [5, 5.41) is 16.3. The van der Waals surface area contributed by atoms with Gasteiger partial charge in [0.25, 0.3) is 0 Å². The van der Waals surface area contributed by atoms with Crippen LogP contribution in [-0.4, -0.2) is 41.6 Å². The van der Waals surface area contributed by atoms with Crippen molar-refractivity contribution in [1.82, 2.24) is 30.0 Å². The van der Waals surface area contributed by atoms with Crippen molar-refractivity contribution in [3.8, 4) is 0 Å². The number of hydrogen-bond donors (Lipinski definition) is 0. The smallest absolute Gasteiger partial charge is 0.132 e. The third kappa shape index (κ3) is 8.51. The molecule has 0 amide bonds. The Bertz CT molecular complexity index is 740. The summed E-state index contributed by atoms with van der Waals surface area (Å²) in [5.41, 5.74) is 1.53. The Labute approximate surface area is 165 Å². The Morgan fingerprint density at radius 2 is 1.43 bits per heavy atom. The van der Waals surface area contributed by atoms with Crippen LogP contribution < -0.4 is 0 Å². The number of ether oxygens (including phenoxy) is 1. The van der Waals surface area contributed by atoms with E-state index in [1.54, 1.807) is 16.3 Å². The highest BCUT2D eigenvalue weighted by Gasteiger charge is 2.05. The molecule has 2 aromatic rings. The molecule has 0 saturated carbocycles.